The first-order valence-corrected chi connectivity index (χ1v) is 11.4. The summed E-state index contributed by atoms with van der Waals surface area (Å²) in [4.78, 5) is 40.0. The van der Waals surface area contributed by atoms with E-state index in [1.807, 2.05) is 19.1 Å². The van der Waals surface area contributed by atoms with Crippen molar-refractivity contribution in [2.24, 2.45) is 11.3 Å². The van der Waals surface area contributed by atoms with Gasteiger partial charge in [-0.25, -0.2) is 0 Å². The Morgan fingerprint density at radius 1 is 1.23 bits per heavy atom. The number of aliphatic carboxylic acids is 1. The first-order valence-electron chi connectivity index (χ1n) is 11.4. The number of carboxylic acids is 1. The quantitative estimate of drug-likeness (QED) is 0.410. The van der Waals surface area contributed by atoms with E-state index in [-0.39, 0.29) is 18.9 Å². The van der Waals surface area contributed by atoms with Crippen LogP contribution in [-0.4, -0.2) is 41.0 Å². The second-order valence-electron chi connectivity index (χ2n) is 8.85. The van der Waals surface area contributed by atoms with Gasteiger partial charge in [-0.3, -0.25) is 14.4 Å². The van der Waals surface area contributed by atoms with Crippen LogP contribution in [0.15, 0.2) is 35.1 Å². The lowest BCUT2D eigenvalue weighted by atomic mass is 9.69. The molecule has 1 fully saturated rings. The standard InChI is InChI=1S/C25H37NO5/c1-5-31-24(30)25-15-9-7-6-8-13-21(25)26(23(29)20(25)17-22(27)28)16-14-19(4)12-10-11-18(2)3/h11,13-14,20H,5-10,12,15-17H2,1-4H3,(H,27,28)/b19-14+,21-13+/t20-,25-/m1/s1. The van der Waals surface area contributed by atoms with Gasteiger partial charge in [0.2, 0.25) is 5.91 Å². The van der Waals surface area contributed by atoms with Crippen molar-refractivity contribution in [3.8, 4) is 0 Å². The molecule has 0 aromatic heterocycles. The van der Waals surface area contributed by atoms with Crippen molar-refractivity contribution in [3.05, 3.63) is 35.1 Å². The van der Waals surface area contributed by atoms with Gasteiger partial charge in [0.1, 0.15) is 5.41 Å². The number of carbonyl (C=O) groups is 3. The van der Waals surface area contributed by atoms with Crippen LogP contribution in [0.25, 0.3) is 0 Å². The molecule has 6 nitrogen and oxygen atoms in total. The minimum atomic E-state index is -1.20. The Bertz CT molecular complexity index is 775. The zero-order valence-electron chi connectivity index (χ0n) is 19.4. The molecule has 1 aliphatic carbocycles. The molecule has 1 saturated heterocycles. The molecule has 31 heavy (non-hydrogen) atoms. The van der Waals surface area contributed by atoms with Gasteiger partial charge in [0, 0.05) is 12.2 Å². The highest BCUT2D eigenvalue weighted by Gasteiger charge is 2.61. The van der Waals surface area contributed by atoms with Crippen LogP contribution in [0.3, 0.4) is 0 Å². The van der Waals surface area contributed by atoms with Gasteiger partial charge in [-0.2, -0.15) is 0 Å². The third-order valence-corrected chi connectivity index (χ3v) is 6.25. The van der Waals surface area contributed by atoms with Gasteiger partial charge in [-0.15, -0.1) is 0 Å². The molecule has 172 valence electrons. The first-order chi connectivity index (χ1) is 14.7. The van der Waals surface area contributed by atoms with Crippen molar-refractivity contribution in [1.29, 1.82) is 0 Å². The predicted octanol–water partition coefficient (Wildman–Crippen LogP) is 5.01. The molecule has 0 unspecified atom stereocenters. The average molecular weight is 432 g/mol. The lowest BCUT2D eigenvalue weighted by Gasteiger charge is -2.33. The molecule has 1 amide bonds. The molecule has 1 N–H and O–H groups in total. The van der Waals surface area contributed by atoms with Crippen molar-refractivity contribution in [2.75, 3.05) is 13.2 Å². The lowest BCUT2D eigenvalue weighted by molar-refractivity contribution is -0.159. The second-order valence-corrected chi connectivity index (χ2v) is 8.85. The van der Waals surface area contributed by atoms with Crippen LogP contribution in [0.2, 0.25) is 0 Å². The molecule has 0 bridgehead atoms. The SMILES string of the molecule is CCOC(=O)[C@@]12CCCCC/C=C\1N(C/C=C(\C)CCC=C(C)C)C(=O)[C@H]2CC(=O)O. The van der Waals surface area contributed by atoms with Crippen LogP contribution in [0.4, 0.5) is 0 Å². The minimum absolute atomic E-state index is 0.200. The molecule has 1 heterocycles. The number of fused-ring (bicyclic) bond motifs is 1. The van der Waals surface area contributed by atoms with E-state index in [4.69, 9.17) is 4.74 Å². The molecule has 0 aromatic rings. The molecule has 0 saturated carbocycles. The summed E-state index contributed by atoms with van der Waals surface area (Å²) in [5, 5.41) is 9.52. The van der Waals surface area contributed by atoms with Crippen molar-refractivity contribution < 1.29 is 24.2 Å². The van der Waals surface area contributed by atoms with E-state index >= 15 is 0 Å². The number of hydrogen-bond acceptors (Lipinski definition) is 4. The number of carbonyl (C=O) groups excluding carboxylic acids is 2. The maximum atomic E-state index is 13.4. The number of rotatable bonds is 9. The Hall–Kier alpha value is -2.37. The number of carboxylic acid groups (broad SMARTS) is 1. The molecule has 2 atom stereocenters. The minimum Gasteiger partial charge on any atom is -0.481 e. The fraction of sp³-hybridized carbons (Fsp3) is 0.640. The monoisotopic (exact) mass is 431 g/mol. The number of ether oxygens (including phenoxy) is 1. The Morgan fingerprint density at radius 3 is 2.61 bits per heavy atom. The smallest absolute Gasteiger partial charge is 0.318 e. The van der Waals surface area contributed by atoms with Crippen molar-refractivity contribution >= 4 is 17.8 Å². The van der Waals surface area contributed by atoms with E-state index in [0.717, 1.165) is 38.5 Å². The topological polar surface area (TPSA) is 83.9 Å². The summed E-state index contributed by atoms with van der Waals surface area (Å²) in [6.45, 7) is 8.47. The third-order valence-electron chi connectivity index (χ3n) is 6.25. The Balaban J connectivity index is 2.42. The van der Waals surface area contributed by atoms with Crippen LogP contribution in [0.1, 0.15) is 79.1 Å². The van der Waals surface area contributed by atoms with Gasteiger partial charge in [0.15, 0.2) is 0 Å². The summed E-state index contributed by atoms with van der Waals surface area (Å²) in [6, 6.07) is 0. The molecule has 2 aliphatic rings. The zero-order valence-corrected chi connectivity index (χ0v) is 19.4. The van der Waals surface area contributed by atoms with Gasteiger partial charge < -0.3 is 14.7 Å². The average Bonchev–Trinajstić information content (AvgIpc) is 2.87. The number of esters is 1. The van der Waals surface area contributed by atoms with E-state index in [9.17, 15) is 19.5 Å². The van der Waals surface area contributed by atoms with Crippen LogP contribution in [-0.2, 0) is 19.1 Å². The highest BCUT2D eigenvalue weighted by molar-refractivity contribution is 5.98. The Morgan fingerprint density at radius 2 is 1.97 bits per heavy atom. The first kappa shape index (κ1) is 24.9. The molecule has 0 spiro atoms. The third kappa shape index (κ3) is 5.86. The fourth-order valence-electron chi connectivity index (χ4n) is 4.67. The Labute approximate surface area is 186 Å². The second kappa shape index (κ2) is 11.3. The van der Waals surface area contributed by atoms with Crippen LogP contribution in [0.5, 0.6) is 0 Å². The molecule has 2 rings (SSSR count). The summed E-state index contributed by atoms with van der Waals surface area (Å²) < 4.78 is 5.42. The number of allylic oxidation sites excluding steroid dienone is 4. The van der Waals surface area contributed by atoms with E-state index in [2.05, 4.69) is 19.9 Å². The van der Waals surface area contributed by atoms with Gasteiger partial charge in [-0.05, 0) is 59.8 Å². The maximum absolute atomic E-state index is 13.4. The van der Waals surface area contributed by atoms with E-state index < -0.39 is 23.3 Å². The predicted molar refractivity (Wildman–Crippen MR) is 120 cm³/mol. The van der Waals surface area contributed by atoms with Crippen LogP contribution >= 0.6 is 0 Å². The van der Waals surface area contributed by atoms with Crippen LogP contribution in [0, 0.1) is 11.3 Å². The summed E-state index contributed by atoms with van der Waals surface area (Å²) >= 11 is 0. The van der Waals surface area contributed by atoms with Crippen molar-refractivity contribution in [2.45, 2.75) is 79.1 Å². The van der Waals surface area contributed by atoms with Gasteiger partial charge in [0.05, 0.1) is 18.9 Å². The van der Waals surface area contributed by atoms with Crippen LogP contribution < -0.4 is 0 Å². The molecular weight excluding hydrogens is 394 g/mol. The zero-order chi connectivity index (χ0) is 23.0. The molecular formula is C25H37NO5. The lowest BCUT2D eigenvalue weighted by Crippen LogP contribution is -2.41. The Kier molecular flexibility index (Phi) is 9.08. The highest BCUT2D eigenvalue weighted by atomic mass is 16.5. The molecule has 0 radical (unpaired) electrons. The van der Waals surface area contributed by atoms with Crippen molar-refractivity contribution in [1.82, 2.24) is 4.90 Å². The summed E-state index contributed by atoms with van der Waals surface area (Å²) in [5.74, 6) is -2.74. The van der Waals surface area contributed by atoms with Gasteiger partial charge in [-0.1, -0.05) is 42.2 Å². The summed E-state index contributed by atoms with van der Waals surface area (Å²) in [6.07, 6.45) is 11.6. The molecule has 6 heteroatoms. The molecule has 0 aromatic carbocycles. The number of nitrogens with zero attached hydrogens (tertiary/aromatic N) is 1. The van der Waals surface area contributed by atoms with E-state index in [0.29, 0.717) is 18.7 Å². The summed E-state index contributed by atoms with van der Waals surface area (Å²) in [5.41, 5.74) is 1.89. The van der Waals surface area contributed by atoms with Gasteiger partial charge >= 0.3 is 11.9 Å². The van der Waals surface area contributed by atoms with Gasteiger partial charge in [0.25, 0.3) is 0 Å². The normalized spacial score (nSPS) is 25.7. The number of hydrogen-bond donors (Lipinski definition) is 1. The van der Waals surface area contributed by atoms with E-state index in [1.54, 1.807) is 11.8 Å². The van der Waals surface area contributed by atoms with E-state index in [1.165, 1.54) is 11.1 Å². The van der Waals surface area contributed by atoms with Crippen molar-refractivity contribution in [3.63, 3.8) is 0 Å². The molecule has 1 aliphatic heterocycles. The fourth-order valence-corrected chi connectivity index (χ4v) is 4.67. The number of likely N-dealkylation sites (tertiary alicyclic amines) is 1. The maximum Gasteiger partial charge on any atom is 0.318 e. The summed E-state index contributed by atoms with van der Waals surface area (Å²) in [7, 11) is 0. The largest absolute Gasteiger partial charge is 0.481 e. The number of amides is 1. The highest BCUT2D eigenvalue weighted by Crippen LogP contribution is 2.52.